The van der Waals surface area contributed by atoms with E-state index in [0.717, 1.165) is 12.3 Å². The third kappa shape index (κ3) is 2.36. The molecule has 0 bridgehead atoms. The zero-order valence-electron chi connectivity index (χ0n) is 10.1. The summed E-state index contributed by atoms with van der Waals surface area (Å²) in [5, 5.41) is 38.3. The first-order valence-electron chi connectivity index (χ1n) is 5.66. The number of β-amino-alcohol motifs (C(OH)–C–C–N with tert-alkyl or cyclic N) is 1. The predicted molar refractivity (Wildman–Crippen MR) is 65.0 cm³/mol. The van der Waals surface area contributed by atoms with Crippen LogP contribution < -0.4 is 4.90 Å². The molecule has 1 aliphatic rings. The van der Waals surface area contributed by atoms with Gasteiger partial charge in [0.1, 0.15) is 29.7 Å². The summed E-state index contributed by atoms with van der Waals surface area (Å²) in [5.74, 6) is -1.12. The van der Waals surface area contributed by atoms with E-state index in [1.165, 1.54) is 4.90 Å². The number of nitrogens with zero attached hydrogens (tertiary/aromatic N) is 4. The number of rotatable bonds is 3. The monoisotopic (exact) mass is 278 g/mol. The van der Waals surface area contributed by atoms with E-state index in [1.54, 1.807) is 6.07 Å². The Labute approximate surface area is 112 Å². The molecule has 104 valence electrons. The summed E-state index contributed by atoms with van der Waals surface area (Å²) in [6.45, 7) is 0.0104. The number of carboxylic acid groups (broad SMARTS) is 1. The van der Waals surface area contributed by atoms with Gasteiger partial charge in [0.05, 0.1) is 11.0 Å². The van der Waals surface area contributed by atoms with Crippen LogP contribution in [-0.2, 0) is 4.79 Å². The second-order valence-corrected chi connectivity index (χ2v) is 4.33. The Morgan fingerprint density at radius 1 is 1.65 bits per heavy atom. The van der Waals surface area contributed by atoms with E-state index in [0.29, 0.717) is 0 Å². The fourth-order valence-electron chi connectivity index (χ4n) is 2.14. The van der Waals surface area contributed by atoms with E-state index in [4.69, 9.17) is 10.4 Å². The average molecular weight is 278 g/mol. The second-order valence-electron chi connectivity index (χ2n) is 4.33. The highest BCUT2D eigenvalue weighted by Gasteiger charge is 2.38. The number of hydrogen-bond acceptors (Lipinski definition) is 7. The number of nitro groups is 1. The minimum absolute atomic E-state index is 0.0104. The van der Waals surface area contributed by atoms with Crippen LogP contribution in [0.4, 0.5) is 11.5 Å². The SMILES string of the molecule is N#Cc1cc([N+](=O)[O-])cnc1N1CC(O)CC1C(=O)O. The lowest BCUT2D eigenvalue weighted by atomic mass is 10.2. The largest absolute Gasteiger partial charge is 0.480 e. The molecule has 0 radical (unpaired) electrons. The van der Waals surface area contributed by atoms with Gasteiger partial charge in [0, 0.05) is 19.0 Å². The van der Waals surface area contributed by atoms with E-state index >= 15 is 0 Å². The Morgan fingerprint density at radius 3 is 2.90 bits per heavy atom. The smallest absolute Gasteiger partial charge is 0.326 e. The molecule has 2 heterocycles. The molecule has 1 saturated heterocycles. The van der Waals surface area contributed by atoms with Gasteiger partial charge in [-0.3, -0.25) is 10.1 Å². The number of anilines is 1. The van der Waals surface area contributed by atoms with Crippen molar-refractivity contribution in [2.75, 3.05) is 11.4 Å². The van der Waals surface area contributed by atoms with Crippen molar-refractivity contribution in [3.05, 3.63) is 27.9 Å². The van der Waals surface area contributed by atoms with Crippen LogP contribution in [0.5, 0.6) is 0 Å². The van der Waals surface area contributed by atoms with Gasteiger partial charge in [-0.15, -0.1) is 0 Å². The van der Waals surface area contributed by atoms with Crippen molar-refractivity contribution >= 4 is 17.5 Å². The first-order chi connectivity index (χ1) is 9.43. The van der Waals surface area contributed by atoms with Crippen LogP contribution in [0.3, 0.4) is 0 Å². The molecule has 0 aromatic carbocycles. The van der Waals surface area contributed by atoms with Crippen LogP contribution in [0.1, 0.15) is 12.0 Å². The van der Waals surface area contributed by atoms with Gasteiger partial charge in [0.2, 0.25) is 0 Å². The van der Waals surface area contributed by atoms with E-state index in [1.807, 2.05) is 0 Å². The van der Waals surface area contributed by atoms with Crippen molar-refractivity contribution in [2.24, 2.45) is 0 Å². The van der Waals surface area contributed by atoms with Crippen LogP contribution in [0.25, 0.3) is 0 Å². The fraction of sp³-hybridized carbons (Fsp3) is 0.364. The molecule has 2 N–H and O–H groups in total. The number of carboxylic acids is 1. The van der Waals surface area contributed by atoms with Crippen LogP contribution in [0.15, 0.2) is 12.3 Å². The van der Waals surface area contributed by atoms with Crippen LogP contribution in [0.2, 0.25) is 0 Å². The molecule has 9 heteroatoms. The Bertz CT molecular complexity index is 611. The lowest BCUT2D eigenvalue weighted by Crippen LogP contribution is -2.37. The second kappa shape index (κ2) is 5.10. The van der Waals surface area contributed by atoms with E-state index in [2.05, 4.69) is 4.98 Å². The van der Waals surface area contributed by atoms with E-state index in [-0.39, 0.29) is 30.0 Å². The molecule has 2 rings (SSSR count). The van der Waals surface area contributed by atoms with Gasteiger partial charge < -0.3 is 15.1 Å². The van der Waals surface area contributed by atoms with Gasteiger partial charge in [-0.1, -0.05) is 0 Å². The standard InChI is InChI=1S/C11H10N4O5/c12-3-6-1-7(15(19)20)4-13-10(6)14-5-8(16)2-9(14)11(17)18/h1,4,8-9,16H,2,5H2,(H,17,18). The minimum atomic E-state index is -1.15. The summed E-state index contributed by atoms with van der Waals surface area (Å²) in [5.41, 5.74) is -0.448. The highest BCUT2D eigenvalue weighted by molar-refractivity contribution is 5.79. The van der Waals surface area contributed by atoms with E-state index < -0.39 is 23.0 Å². The van der Waals surface area contributed by atoms with Crippen molar-refractivity contribution in [1.29, 1.82) is 5.26 Å². The summed E-state index contributed by atoms with van der Waals surface area (Å²) in [7, 11) is 0. The number of aliphatic hydroxyl groups excluding tert-OH is 1. The molecule has 0 spiro atoms. The number of hydrogen-bond donors (Lipinski definition) is 2. The third-order valence-corrected chi connectivity index (χ3v) is 3.02. The number of carbonyl (C=O) groups is 1. The highest BCUT2D eigenvalue weighted by Crippen LogP contribution is 2.28. The first kappa shape index (κ1) is 13.7. The molecular weight excluding hydrogens is 268 g/mol. The van der Waals surface area contributed by atoms with Gasteiger partial charge in [-0.25, -0.2) is 9.78 Å². The zero-order chi connectivity index (χ0) is 14.9. The normalized spacial score (nSPS) is 21.5. The number of aliphatic hydroxyl groups is 1. The van der Waals surface area contributed by atoms with Crippen LogP contribution in [-0.4, -0.2) is 44.8 Å². The number of aliphatic carboxylic acids is 1. The van der Waals surface area contributed by atoms with Crippen molar-refractivity contribution < 1.29 is 19.9 Å². The van der Waals surface area contributed by atoms with Crippen molar-refractivity contribution in [3.8, 4) is 6.07 Å². The molecule has 2 unspecified atom stereocenters. The Balaban J connectivity index is 2.44. The number of aromatic nitrogens is 1. The third-order valence-electron chi connectivity index (χ3n) is 3.02. The lowest BCUT2D eigenvalue weighted by Gasteiger charge is -2.22. The van der Waals surface area contributed by atoms with Crippen molar-refractivity contribution in [2.45, 2.75) is 18.6 Å². The predicted octanol–water partition coefficient (Wildman–Crippen LogP) is -0.114. The maximum atomic E-state index is 11.1. The average Bonchev–Trinajstić information content (AvgIpc) is 2.80. The zero-order valence-corrected chi connectivity index (χ0v) is 10.1. The molecule has 0 amide bonds. The highest BCUT2D eigenvalue weighted by atomic mass is 16.6. The summed E-state index contributed by atoms with van der Waals surface area (Å²) < 4.78 is 0. The summed E-state index contributed by atoms with van der Waals surface area (Å²) in [6.07, 6.45) is 0.123. The van der Waals surface area contributed by atoms with Crippen molar-refractivity contribution in [3.63, 3.8) is 0 Å². The number of pyridine rings is 1. The Morgan fingerprint density at radius 2 is 2.35 bits per heavy atom. The van der Waals surface area contributed by atoms with Crippen LogP contribution >= 0.6 is 0 Å². The van der Waals surface area contributed by atoms with Crippen molar-refractivity contribution in [1.82, 2.24) is 4.98 Å². The van der Waals surface area contributed by atoms with Gasteiger partial charge in [0.25, 0.3) is 5.69 Å². The van der Waals surface area contributed by atoms with Gasteiger partial charge in [-0.05, 0) is 0 Å². The Hall–Kier alpha value is -2.73. The van der Waals surface area contributed by atoms with Gasteiger partial charge >= 0.3 is 5.97 Å². The van der Waals surface area contributed by atoms with Gasteiger partial charge in [-0.2, -0.15) is 5.26 Å². The molecule has 0 saturated carbocycles. The molecule has 20 heavy (non-hydrogen) atoms. The van der Waals surface area contributed by atoms with Gasteiger partial charge in [0.15, 0.2) is 0 Å². The maximum Gasteiger partial charge on any atom is 0.326 e. The molecule has 1 aromatic heterocycles. The topological polar surface area (TPSA) is 141 Å². The number of nitriles is 1. The summed E-state index contributed by atoms with van der Waals surface area (Å²) in [6, 6.07) is 1.78. The summed E-state index contributed by atoms with van der Waals surface area (Å²) in [4.78, 5) is 26.2. The first-order valence-corrected chi connectivity index (χ1v) is 5.66. The molecule has 0 aliphatic carbocycles. The minimum Gasteiger partial charge on any atom is -0.480 e. The quantitative estimate of drug-likeness (QED) is 0.576. The molecule has 2 atom stereocenters. The lowest BCUT2D eigenvalue weighted by molar-refractivity contribution is -0.385. The molecule has 9 nitrogen and oxygen atoms in total. The summed E-state index contributed by atoms with van der Waals surface area (Å²) >= 11 is 0. The molecule has 1 aromatic rings. The van der Waals surface area contributed by atoms with Crippen LogP contribution in [0, 0.1) is 21.4 Å². The maximum absolute atomic E-state index is 11.1. The molecule has 1 fully saturated rings. The Kier molecular flexibility index (Phi) is 3.49. The fourth-order valence-corrected chi connectivity index (χ4v) is 2.14. The van der Waals surface area contributed by atoms with E-state index in [9.17, 15) is 20.0 Å². The molecule has 1 aliphatic heterocycles. The molecular formula is C11H10N4O5.